The Labute approximate surface area is 171 Å². The van der Waals surface area contributed by atoms with Crippen molar-refractivity contribution < 1.29 is 31.8 Å². The van der Waals surface area contributed by atoms with Gasteiger partial charge in [-0.05, 0) is 33.3 Å². The van der Waals surface area contributed by atoms with Gasteiger partial charge in [0, 0.05) is 25.4 Å². The maximum Gasteiger partial charge on any atom is 0.290 e. The summed E-state index contributed by atoms with van der Waals surface area (Å²) in [5.74, 6) is -9.24. The van der Waals surface area contributed by atoms with E-state index in [0.717, 1.165) is 32.1 Å². The van der Waals surface area contributed by atoms with Crippen molar-refractivity contribution in [3.63, 3.8) is 0 Å². The number of rotatable bonds is 15. The van der Waals surface area contributed by atoms with Crippen LogP contribution in [0.2, 0.25) is 0 Å². The molecule has 0 fully saturated rings. The van der Waals surface area contributed by atoms with E-state index in [1.807, 2.05) is 0 Å². The lowest BCUT2D eigenvalue weighted by molar-refractivity contribution is -0.389. The van der Waals surface area contributed by atoms with Crippen molar-refractivity contribution >= 4 is 0 Å². The third-order valence-electron chi connectivity index (χ3n) is 4.82. The van der Waals surface area contributed by atoms with Crippen LogP contribution in [-0.4, -0.2) is 25.8 Å². The number of unbranched alkanes of at least 4 members (excludes halogenated alkanes) is 5. The van der Waals surface area contributed by atoms with Gasteiger partial charge < -0.3 is 14.2 Å². The fourth-order valence-corrected chi connectivity index (χ4v) is 3.53. The largest absolute Gasteiger partial charge is 0.327 e. The molecule has 0 heterocycles. The highest BCUT2D eigenvalue weighted by molar-refractivity contribution is 5.27. The summed E-state index contributed by atoms with van der Waals surface area (Å²) in [6.45, 7) is 7.82. The summed E-state index contributed by atoms with van der Waals surface area (Å²) in [4.78, 5) is 0. The second kappa shape index (κ2) is 13.2. The Morgan fingerprint density at radius 3 is 1.76 bits per heavy atom. The first-order valence-corrected chi connectivity index (χ1v) is 10.6. The van der Waals surface area contributed by atoms with Crippen LogP contribution in [0.25, 0.3) is 0 Å². The number of benzene rings is 1. The lowest BCUT2D eigenvalue weighted by Crippen LogP contribution is -2.46. The van der Waals surface area contributed by atoms with E-state index in [-0.39, 0.29) is 25.4 Å². The fourth-order valence-electron chi connectivity index (χ4n) is 3.53. The van der Waals surface area contributed by atoms with Crippen LogP contribution in [0.3, 0.4) is 0 Å². The van der Waals surface area contributed by atoms with Crippen molar-refractivity contribution in [2.24, 2.45) is 0 Å². The van der Waals surface area contributed by atoms with Crippen LogP contribution in [0.1, 0.15) is 84.1 Å². The van der Waals surface area contributed by atoms with Gasteiger partial charge in [0.25, 0.3) is 5.97 Å². The van der Waals surface area contributed by atoms with Crippen LogP contribution >= 0.6 is 0 Å². The molecule has 0 radical (unpaired) electrons. The summed E-state index contributed by atoms with van der Waals surface area (Å²) in [5.41, 5.74) is -0.342. The van der Waals surface area contributed by atoms with E-state index in [4.69, 9.17) is 14.2 Å². The van der Waals surface area contributed by atoms with Gasteiger partial charge in [-0.1, -0.05) is 45.4 Å². The molecule has 0 N–H and O–H groups in total. The van der Waals surface area contributed by atoms with Crippen LogP contribution in [0, 0.1) is 23.3 Å². The van der Waals surface area contributed by atoms with E-state index >= 15 is 0 Å². The van der Waals surface area contributed by atoms with Crippen molar-refractivity contribution in [3.05, 3.63) is 34.9 Å². The van der Waals surface area contributed by atoms with Crippen molar-refractivity contribution in [2.45, 2.75) is 84.5 Å². The van der Waals surface area contributed by atoms with Crippen LogP contribution in [0.15, 0.2) is 6.07 Å². The van der Waals surface area contributed by atoms with Gasteiger partial charge in [-0.15, -0.1) is 0 Å². The SMILES string of the molecule is CCCCCCCCC(c1cc(F)c(F)c(F)c1F)C(OCC)(OCC)OCC. The van der Waals surface area contributed by atoms with Gasteiger partial charge in [-0.25, -0.2) is 17.6 Å². The molecular formula is C22H34F4O3. The first-order chi connectivity index (χ1) is 13.9. The summed E-state index contributed by atoms with van der Waals surface area (Å²) in [5, 5.41) is 0. The highest BCUT2D eigenvalue weighted by atomic mass is 19.2. The van der Waals surface area contributed by atoms with E-state index in [1.165, 1.54) is 0 Å². The van der Waals surface area contributed by atoms with E-state index < -0.39 is 35.2 Å². The second-order valence-corrected chi connectivity index (χ2v) is 6.90. The maximum atomic E-state index is 14.7. The van der Waals surface area contributed by atoms with Crippen molar-refractivity contribution in [2.75, 3.05) is 19.8 Å². The molecule has 3 nitrogen and oxygen atoms in total. The standard InChI is InChI=1S/C22H34F4O3/c1-5-9-10-11-12-13-14-17(22(27-6-2,28-7-3)29-8-4)16-15-18(23)20(25)21(26)19(16)24/h15,17H,5-14H2,1-4H3. The zero-order valence-corrected chi connectivity index (χ0v) is 18.0. The molecule has 1 unspecified atom stereocenters. The Morgan fingerprint density at radius 1 is 0.724 bits per heavy atom. The Kier molecular flexibility index (Phi) is 11.8. The highest BCUT2D eigenvalue weighted by Gasteiger charge is 2.45. The van der Waals surface area contributed by atoms with E-state index in [2.05, 4.69) is 6.92 Å². The smallest absolute Gasteiger partial charge is 0.290 e. The van der Waals surface area contributed by atoms with Gasteiger partial charge in [-0.3, -0.25) is 0 Å². The molecule has 1 aromatic rings. The third kappa shape index (κ3) is 6.93. The predicted molar refractivity (Wildman–Crippen MR) is 105 cm³/mol. The molecule has 1 atom stereocenters. The third-order valence-corrected chi connectivity index (χ3v) is 4.82. The number of ether oxygens (including phenoxy) is 3. The average molecular weight is 423 g/mol. The summed E-state index contributed by atoms with van der Waals surface area (Å²) in [6, 6.07) is 0.682. The van der Waals surface area contributed by atoms with Crippen LogP contribution < -0.4 is 0 Å². The Bertz CT molecular complexity index is 593. The summed E-state index contributed by atoms with van der Waals surface area (Å²) < 4.78 is 73.3. The lowest BCUT2D eigenvalue weighted by Gasteiger charge is -2.39. The normalized spacial score (nSPS) is 13.1. The molecule has 0 aliphatic heterocycles. The summed E-state index contributed by atoms with van der Waals surface area (Å²) in [7, 11) is 0. The molecule has 1 aromatic carbocycles. The zero-order valence-electron chi connectivity index (χ0n) is 18.0. The molecule has 168 valence electrons. The van der Waals surface area contributed by atoms with E-state index in [1.54, 1.807) is 20.8 Å². The van der Waals surface area contributed by atoms with Gasteiger partial charge in [0.15, 0.2) is 23.3 Å². The number of halogens is 4. The van der Waals surface area contributed by atoms with E-state index in [9.17, 15) is 17.6 Å². The first kappa shape index (κ1) is 25.9. The fraction of sp³-hybridized carbons (Fsp3) is 0.727. The van der Waals surface area contributed by atoms with Crippen LogP contribution in [0.5, 0.6) is 0 Å². The second-order valence-electron chi connectivity index (χ2n) is 6.90. The average Bonchev–Trinajstić information content (AvgIpc) is 2.69. The lowest BCUT2D eigenvalue weighted by atomic mass is 9.89. The van der Waals surface area contributed by atoms with Crippen molar-refractivity contribution in [1.82, 2.24) is 0 Å². The minimum Gasteiger partial charge on any atom is -0.327 e. The maximum absolute atomic E-state index is 14.7. The molecule has 0 spiro atoms. The summed E-state index contributed by atoms with van der Waals surface area (Å²) >= 11 is 0. The molecule has 0 amide bonds. The van der Waals surface area contributed by atoms with Gasteiger partial charge >= 0.3 is 0 Å². The Balaban J connectivity index is 3.29. The van der Waals surface area contributed by atoms with Crippen molar-refractivity contribution in [3.8, 4) is 0 Å². The van der Waals surface area contributed by atoms with Gasteiger partial charge in [0.1, 0.15) is 0 Å². The molecule has 0 aliphatic rings. The van der Waals surface area contributed by atoms with Crippen molar-refractivity contribution in [1.29, 1.82) is 0 Å². The Morgan fingerprint density at radius 2 is 1.24 bits per heavy atom. The predicted octanol–water partition coefficient (Wildman–Crippen LogP) is 6.84. The monoisotopic (exact) mass is 422 g/mol. The molecular weight excluding hydrogens is 388 g/mol. The van der Waals surface area contributed by atoms with Crippen LogP contribution in [-0.2, 0) is 14.2 Å². The molecule has 7 heteroatoms. The minimum absolute atomic E-state index is 0.181. The van der Waals surface area contributed by atoms with Crippen LogP contribution in [0.4, 0.5) is 17.6 Å². The topological polar surface area (TPSA) is 27.7 Å². The highest BCUT2D eigenvalue weighted by Crippen LogP contribution is 2.40. The summed E-state index contributed by atoms with van der Waals surface area (Å²) in [6.07, 6.45) is 6.17. The van der Waals surface area contributed by atoms with Gasteiger partial charge in [0.2, 0.25) is 0 Å². The Hall–Kier alpha value is -1.18. The number of hydrogen-bond donors (Lipinski definition) is 0. The number of hydrogen-bond acceptors (Lipinski definition) is 3. The molecule has 0 saturated heterocycles. The first-order valence-electron chi connectivity index (χ1n) is 10.6. The van der Waals surface area contributed by atoms with Gasteiger partial charge in [-0.2, -0.15) is 0 Å². The molecule has 0 aromatic heterocycles. The van der Waals surface area contributed by atoms with Gasteiger partial charge in [0.05, 0.1) is 5.92 Å². The molecule has 1 rings (SSSR count). The molecule has 29 heavy (non-hydrogen) atoms. The zero-order chi connectivity index (χ0) is 21.9. The molecule has 0 aliphatic carbocycles. The van der Waals surface area contributed by atoms with E-state index in [0.29, 0.717) is 18.9 Å². The minimum atomic E-state index is -1.84. The quantitative estimate of drug-likeness (QED) is 0.102. The molecule has 0 saturated carbocycles. The molecule has 0 bridgehead atoms.